The van der Waals surface area contributed by atoms with Gasteiger partial charge >= 0.3 is 18.1 Å². The number of phenols is 2. The van der Waals surface area contributed by atoms with Gasteiger partial charge in [-0.2, -0.15) is 22.0 Å². The van der Waals surface area contributed by atoms with Crippen LogP contribution in [0.5, 0.6) is 17.2 Å². The summed E-state index contributed by atoms with van der Waals surface area (Å²) in [5.74, 6) is -4.89. The second-order valence-corrected chi connectivity index (χ2v) is 12.1. The van der Waals surface area contributed by atoms with Gasteiger partial charge < -0.3 is 20.1 Å². The maximum atomic E-state index is 13.2. The number of aliphatic carboxylic acids is 1. The Bertz CT molecular complexity index is 1180. The molecule has 1 aliphatic rings. The lowest BCUT2D eigenvalue weighted by Crippen LogP contribution is -2.40. The first-order valence-electron chi connectivity index (χ1n) is 14.5. The Kier molecular flexibility index (Phi) is 10.8. The number of rotatable bonds is 15. The van der Waals surface area contributed by atoms with E-state index < -0.39 is 36.3 Å². The largest absolute Gasteiger partial charge is 0.508 e. The average Bonchev–Trinajstić information content (AvgIpc) is 2.90. The normalized spacial score (nSPS) is 20.4. The van der Waals surface area contributed by atoms with E-state index in [0.717, 1.165) is 49.7 Å². The van der Waals surface area contributed by atoms with E-state index in [1.807, 2.05) is 18.2 Å². The molecule has 42 heavy (non-hydrogen) atoms. The third-order valence-corrected chi connectivity index (χ3v) is 8.82. The summed E-state index contributed by atoms with van der Waals surface area (Å²) >= 11 is 0. The van der Waals surface area contributed by atoms with Gasteiger partial charge in [0.15, 0.2) is 0 Å². The summed E-state index contributed by atoms with van der Waals surface area (Å²) in [7, 11) is 0. The maximum Gasteiger partial charge on any atom is 0.453 e. The Morgan fingerprint density at radius 1 is 0.857 bits per heavy atom. The van der Waals surface area contributed by atoms with Crippen LogP contribution in [0.4, 0.5) is 22.0 Å². The zero-order valence-electron chi connectivity index (χ0n) is 24.2. The number of benzene rings is 2. The predicted octanol–water partition coefficient (Wildman–Crippen LogP) is 9.11. The van der Waals surface area contributed by atoms with Crippen LogP contribution in [-0.2, 0) is 10.2 Å². The van der Waals surface area contributed by atoms with Crippen LogP contribution in [0.1, 0.15) is 102 Å². The van der Waals surface area contributed by atoms with Crippen molar-refractivity contribution in [3.8, 4) is 17.2 Å². The smallest absolute Gasteiger partial charge is 0.453 e. The first-order chi connectivity index (χ1) is 19.6. The number of unbranched alkanes of at least 4 members (excludes halogenated alkanes) is 5. The molecule has 0 radical (unpaired) electrons. The fraction of sp³-hybridized carbons (Fsp3) is 0.594. The molecular weight excluding hydrogens is 559 g/mol. The molecule has 2 aromatic rings. The van der Waals surface area contributed by atoms with Crippen molar-refractivity contribution in [3.05, 3.63) is 53.6 Å². The molecule has 3 atom stereocenters. The van der Waals surface area contributed by atoms with Gasteiger partial charge in [0.2, 0.25) is 0 Å². The lowest BCUT2D eigenvalue weighted by atomic mass is 9.66. The number of carboxylic acids is 1. The molecule has 10 heteroatoms. The number of hydrogen-bond acceptors (Lipinski definition) is 4. The molecule has 0 aliphatic carbocycles. The molecule has 2 aromatic carbocycles. The highest BCUT2D eigenvalue weighted by atomic mass is 19.4. The van der Waals surface area contributed by atoms with Crippen LogP contribution in [0, 0.1) is 5.41 Å². The third kappa shape index (κ3) is 8.07. The quantitative estimate of drug-likeness (QED) is 0.140. The van der Waals surface area contributed by atoms with Crippen LogP contribution in [0.25, 0.3) is 0 Å². The summed E-state index contributed by atoms with van der Waals surface area (Å²) in [5.41, 5.74) is 0.386. The second-order valence-electron chi connectivity index (χ2n) is 12.1. The zero-order valence-corrected chi connectivity index (χ0v) is 24.2. The SMILES string of the molecule is CC(CCCCCCCC[C@@H]1c2ccc(O)cc2OC[C@]1(C)c1ccc(O)cc1)(CCCC(F)(F)C(F)(F)F)C(=O)O. The van der Waals surface area contributed by atoms with E-state index in [4.69, 9.17) is 4.74 Å². The van der Waals surface area contributed by atoms with Crippen LogP contribution in [0.2, 0.25) is 0 Å². The zero-order chi connectivity index (χ0) is 31.2. The number of ether oxygens (including phenoxy) is 1. The molecule has 0 fully saturated rings. The minimum absolute atomic E-state index is 0.118. The van der Waals surface area contributed by atoms with Crippen molar-refractivity contribution in [3.63, 3.8) is 0 Å². The van der Waals surface area contributed by atoms with E-state index >= 15 is 0 Å². The Hall–Kier alpha value is -3.04. The molecule has 3 N–H and O–H groups in total. The van der Waals surface area contributed by atoms with Crippen molar-refractivity contribution in [1.82, 2.24) is 0 Å². The van der Waals surface area contributed by atoms with Gasteiger partial charge in [-0.15, -0.1) is 0 Å². The third-order valence-electron chi connectivity index (χ3n) is 8.82. The Labute approximate surface area is 243 Å². The number of phenolic OH excluding ortho intramolecular Hbond substituents is 2. The molecule has 0 amide bonds. The summed E-state index contributed by atoms with van der Waals surface area (Å²) in [6, 6.07) is 12.3. The molecule has 1 heterocycles. The molecule has 234 valence electrons. The van der Waals surface area contributed by atoms with Crippen LogP contribution in [-0.4, -0.2) is 40.0 Å². The van der Waals surface area contributed by atoms with Gasteiger partial charge in [0, 0.05) is 23.8 Å². The van der Waals surface area contributed by atoms with Gasteiger partial charge in [0.1, 0.15) is 17.2 Å². The fourth-order valence-electron chi connectivity index (χ4n) is 5.96. The predicted molar refractivity (Wildman–Crippen MR) is 149 cm³/mol. The summed E-state index contributed by atoms with van der Waals surface area (Å²) in [6.07, 6.45) is -1.77. The Morgan fingerprint density at radius 2 is 1.43 bits per heavy atom. The van der Waals surface area contributed by atoms with E-state index in [1.54, 1.807) is 24.3 Å². The number of carbonyl (C=O) groups is 1. The van der Waals surface area contributed by atoms with Crippen molar-refractivity contribution in [1.29, 1.82) is 0 Å². The number of alkyl halides is 5. The molecule has 0 saturated heterocycles. The molecule has 0 spiro atoms. The number of carboxylic acid groups (broad SMARTS) is 1. The minimum Gasteiger partial charge on any atom is -0.508 e. The lowest BCUT2D eigenvalue weighted by Gasteiger charge is -2.43. The molecule has 0 bridgehead atoms. The molecular formula is C32H41F5O5. The Morgan fingerprint density at radius 3 is 2.05 bits per heavy atom. The first-order valence-corrected chi connectivity index (χ1v) is 14.5. The van der Waals surface area contributed by atoms with Crippen molar-refractivity contribution in [2.45, 2.75) is 108 Å². The highest BCUT2D eigenvalue weighted by molar-refractivity contribution is 5.74. The van der Waals surface area contributed by atoms with Crippen LogP contribution >= 0.6 is 0 Å². The van der Waals surface area contributed by atoms with Gasteiger partial charge in [0.05, 0.1) is 12.0 Å². The van der Waals surface area contributed by atoms with Crippen molar-refractivity contribution >= 4 is 5.97 Å². The van der Waals surface area contributed by atoms with E-state index in [9.17, 15) is 42.1 Å². The minimum atomic E-state index is -5.63. The van der Waals surface area contributed by atoms with Crippen molar-refractivity contribution in [2.75, 3.05) is 6.61 Å². The summed E-state index contributed by atoms with van der Waals surface area (Å²) in [6.45, 7) is 3.98. The van der Waals surface area contributed by atoms with Gasteiger partial charge in [-0.3, -0.25) is 4.79 Å². The number of aromatic hydroxyl groups is 2. The van der Waals surface area contributed by atoms with Gasteiger partial charge in [0.25, 0.3) is 0 Å². The van der Waals surface area contributed by atoms with Crippen LogP contribution in [0.15, 0.2) is 42.5 Å². The van der Waals surface area contributed by atoms with E-state index in [2.05, 4.69) is 6.92 Å². The molecule has 1 unspecified atom stereocenters. The van der Waals surface area contributed by atoms with E-state index in [1.165, 1.54) is 6.92 Å². The molecule has 1 aliphatic heterocycles. The van der Waals surface area contributed by atoms with E-state index in [0.29, 0.717) is 18.8 Å². The summed E-state index contributed by atoms with van der Waals surface area (Å²) in [5, 5.41) is 29.3. The Balaban J connectivity index is 1.48. The highest BCUT2D eigenvalue weighted by Crippen LogP contribution is 2.50. The molecule has 0 aromatic heterocycles. The molecule has 3 rings (SSSR count). The number of hydrogen-bond donors (Lipinski definition) is 3. The van der Waals surface area contributed by atoms with Gasteiger partial charge in [-0.05, 0) is 61.9 Å². The van der Waals surface area contributed by atoms with Crippen LogP contribution < -0.4 is 4.74 Å². The fourth-order valence-corrected chi connectivity index (χ4v) is 5.96. The molecule has 5 nitrogen and oxygen atoms in total. The van der Waals surface area contributed by atoms with Crippen LogP contribution in [0.3, 0.4) is 0 Å². The maximum absolute atomic E-state index is 13.2. The number of fused-ring (bicyclic) bond motifs is 1. The average molecular weight is 601 g/mol. The second kappa shape index (κ2) is 13.5. The molecule has 0 saturated carbocycles. The number of halogens is 5. The lowest BCUT2D eigenvalue weighted by molar-refractivity contribution is -0.284. The van der Waals surface area contributed by atoms with Gasteiger partial charge in [-0.1, -0.05) is 63.6 Å². The van der Waals surface area contributed by atoms with Crippen molar-refractivity contribution < 1.29 is 46.8 Å². The van der Waals surface area contributed by atoms with Crippen molar-refractivity contribution in [2.24, 2.45) is 5.41 Å². The summed E-state index contributed by atoms with van der Waals surface area (Å²) in [4.78, 5) is 11.8. The van der Waals surface area contributed by atoms with E-state index in [-0.39, 0.29) is 35.7 Å². The highest BCUT2D eigenvalue weighted by Gasteiger charge is 2.56. The van der Waals surface area contributed by atoms with Gasteiger partial charge in [-0.25, -0.2) is 0 Å². The monoisotopic (exact) mass is 600 g/mol. The topological polar surface area (TPSA) is 87.0 Å². The first kappa shape index (κ1) is 33.5. The summed E-state index contributed by atoms with van der Waals surface area (Å²) < 4.78 is 69.7. The standard InChI is InChI=1S/C32H41F5O5/c1-29(28(40)41,18-9-19-31(33,34)32(35,36)37)17-8-6-4-3-5-7-10-26-25-16-15-24(39)20-27(25)42-21-30(26,2)22-11-13-23(38)14-12-22/h11-16,20,26,38-39H,3-10,17-19,21H2,1-2H3,(H,40,41)/t26-,29?,30-/m1/s1.